The lowest BCUT2D eigenvalue weighted by Gasteiger charge is -2.38. The van der Waals surface area contributed by atoms with Gasteiger partial charge in [-0.2, -0.15) is 5.26 Å². The van der Waals surface area contributed by atoms with Crippen LogP contribution in [0.15, 0.2) is 42.5 Å². The Kier molecular flexibility index (Phi) is 7.83. The van der Waals surface area contributed by atoms with E-state index in [2.05, 4.69) is 22.4 Å². The fraction of sp³-hybridized carbons (Fsp3) is 0.467. The number of hydrogen-bond acceptors (Lipinski definition) is 5. The lowest BCUT2D eigenvalue weighted by molar-refractivity contribution is -0.136. The number of imide groups is 1. The Hall–Kier alpha value is -3.21. The van der Waals surface area contributed by atoms with Gasteiger partial charge in [0, 0.05) is 23.6 Å². The summed E-state index contributed by atoms with van der Waals surface area (Å²) in [4.78, 5) is 41.0. The van der Waals surface area contributed by atoms with Gasteiger partial charge in [0.25, 0.3) is 5.91 Å². The van der Waals surface area contributed by atoms with Crippen molar-refractivity contribution < 1.29 is 14.4 Å². The maximum absolute atomic E-state index is 13.0. The van der Waals surface area contributed by atoms with Crippen LogP contribution in [-0.2, 0) is 28.0 Å². The molecule has 2 saturated heterocycles. The number of aryl methyl sites for hydroxylation is 1. The molecule has 0 aromatic heterocycles. The zero-order valence-corrected chi connectivity index (χ0v) is 22.3. The van der Waals surface area contributed by atoms with E-state index in [1.165, 1.54) is 5.56 Å². The number of piperidine rings is 2. The first kappa shape index (κ1) is 26.4. The van der Waals surface area contributed by atoms with Crippen molar-refractivity contribution >= 4 is 29.3 Å². The molecular formula is C30H33ClN4O3. The van der Waals surface area contributed by atoms with Crippen LogP contribution >= 0.6 is 11.6 Å². The van der Waals surface area contributed by atoms with E-state index in [1.54, 1.807) is 4.90 Å². The van der Waals surface area contributed by atoms with Gasteiger partial charge in [-0.25, -0.2) is 0 Å². The SMILES string of the molecule is N#CC1(c2ccccc2Cl)CCN(CCCCCc2cccc3c2CN(C2CCC(=O)NC2=O)C3=O)CC1. The summed E-state index contributed by atoms with van der Waals surface area (Å²) >= 11 is 6.42. The number of benzene rings is 2. The lowest BCUT2D eigenvalue weighted by Crippen LogP contribution is -2.52. The van der Waals surface area contributed by atoms with Gasteiger partial charge in [0.1, 0.15) is 6.04 Å². The zero-order valence-electron chi connectivity index (χ0n) is 21.5. The van der Waals surface area contributed by atoms with E-state index in [1.807, 2.05) is 36.4 Å². The van der Waals surface area contributed by atoms with Crippen LogP contribution in [0.4, 0.5) is 0 Å². The number of hydrogen-bond donors (Lipinski definition) is 1. The standard InChI is InChI=1S/C30H33ClN4O3/c31-25-11-4-3-10-24(25)30(20-32)14-17-34(18-15-30)16-5-1-2-7-21-8-6-9-22-23(21)19-35(29(22)38)26-12-13-27(36)33-28(26)37/h3-4,6,8-11,26H,1-2,5,7,12-19H2,(H,33,36,37). The summed E-state index contributed by atoms with van der Waals surface area (Å²) in [5.41, 5.74) is 3.32. The zero-order chi connectivity index (χ0) is 26.7. The van der Waals surface area contributed by atoms with E-state index in [4.69, 9.17) is 11.6 Å². The molecule has 2 aromatic carbocycles. The van der Waals surface area contributed by atoms with Gasteiger partial charge in [-0.15, -0.1) is 0 Å². The fourth-order valence-electron chi connectivity index (χ4n) is 6.16. The molecule has 7 nitrogen and oxygen atoms in total. The van der Waals surface area contributed by atoms with E-state index in [0.717, 1.165) is 69.3 Å². The van der Waals surface area contributed by atoms with Gasteiger partial charge >= 0.3 is 0 Å². The Morgan fingerprint density at radius 2 is 1.82 bits per heavy atom. The molecule has 1 unspecified atom stereocenters. The highest BCUT2D eigenvalue weighted by atomic mass is 35.5. The first-order valence-electron chi connectivity index (χ1n) is 13.6. The number of nitrogens with one attached hydrogen (secondary N) is 1. The molecule has 3 amide bonds. The third-order valence-corrected chi connectivity index (χ3v) is 8.74. The molecule has 1 atom stereocenters. The van der Waals surface area contributed by atoms with E-state index in [-0.39, 0.29) is 24.1 Å². The summed E-state index contributed by atoms with van der Waals surface area (Å²) < 4.78 is 0. The summed E-state index contributed by atoms with van der Waals surface area (Å²) in [6.45, 7) is 3.22. The van der Waals surface area contributed by atoms with Gasteiger partial charge in [-0.1, -0.05) is 48.4 Å². The molecule has 3 heterocycles. The predicted octanol–water partition coefficient (Wildman–Crippen LogP) is 4.37. The molecular weight excluding hydrogens is 500 g/mol. The highest BCUT2D eigenvalue weighted by molar-refractivity contribution is 6.31. The highest BCUT2D eigenvalue weighted by Gasteiger charge is 2.40. The van der Waals surface area contributed by atoms with E-state index < -0.39 is 11.5 Å². The summed E-state index contributed by atoms with van der Waals surface area (Å²) in [6, 6.07) is 15.5. The van der Waals surface area contributed by atoms with Gasteiger partial charge < -0.3 is 9.80 Å². The van der Waals surface area contributed by atoms with Crippen molar-refractivity contribution in [2.45, 2.75) is 69.4 Å². The number of fused-ring (bicyclic) bond motifs is 1. The number of carbonyl (C=O) groups excluding carboxylic acids is 3. The van der Waals surface area contributed by atoms with Gasteiger partial charge in [0.05, 0.1) is 11.5 Å². The van der Waals surface area contributed by atoms with E-state index >= 15 is 0 Å². The van der Waals surface area contributed by atoms with Gasteiger partial charge in [0.15, 0.2) is 0 Å². The van der Waals surface area contributed by atoms with Crippen molar-refractivity contribution in [3.8, 4) is 6.07 Å². The second-order valence-electron chi connectivity index (χ2n) is 10.7. The summed E-state index contributed by atoms with van der Waals surface area (Å²) in [5.74, 6) is -0.766. The first-order valence-corrected chi connectivity index (χ1v) is 13.9. The second kappa shape index (κ2) is 11.3. The maximum Gasteiger partial charge on any atom is 0.255 e. The Morgan fingerprint density at radius 1 is 1.03 bits per heavy atom. The minimum absolute atomic E-state index is 0.119. The molecule has 0 aliphatic carbocycles. The van der Waals surface area contributed by atoms with Crippen LogP contribution in [0.1, 0.15) is 72.0 Å². The van der Waals surface area contributed by atoms with Crippen molar-refractivity contribution in [2.75, 3.05) is 19.6 Å². The normalized spacial score (nSPS) is 21.2. The lowest BCUT2D eigenvalue weighted by atomic mass is 9.74. The van der Waals surface area contributed by atoms with E-state index in [9.17, 15) is 19.6 Å². The van der Waals surface area contributed by atoms with Crippen LogP contribution in [0.25, 0.3) is 0 Å². The largest absolute Gasteiger partial charge is 0.322 e. The molecule has 5 rings (SSSR count). The molecule has 0 radical (unpaired) electrons. The number of carbonyl (C=O) groups is 3. The molecule has 2 fully saturated rings. The Morgan fingerprint density at radius 3 is 2.55 bits per heavy atom. The Bertz CT molecular complexity index is 1280. The van der Waals surface area contributed by atoms with Crippen LogP contribution in [0.5, 0.6) is 0 Å². The highest BCUT2D eigenvalue weighted by Crippen LogP contribution is 2.38. The molecule has 3 aliphatic heterocycles. The van der Waals surface area contributed by atoms with Crippen molar-refractivity contribution in [2.24, 2.45) is 0 Å². The molecule has 2 aromatic rings. The fourth-order valence-corrected chi connectivity index (χ4v) is 6.48. The predicted molar refractivity (Wildman–Crippen MR) is 144 cm³/mol. The quantitative estimate of drug-likeness (QED) is 0.402. The molecule has 1 N–H and O–H groups in total. The van der Waals surface area contributed by atoms with Crippen molar-refractivity contribution in [3.05, 3.63) is 69.7 Å². The summed E-state index contributed by atoms with van der Waals surface area (Å²) in [6.07, 6.45) is 6.31. The van der Waals surface area contributed by atoms with Crippen LogP contribution in [-0.4, -0.2) is 53.2 Å². The molecule has 8 heteroatoms. The molecule has 198 valence electrons. The topological polar surface area (TPSA) is 93.5 Å². The average molecular weight is 533 g/mol. The first-order chi connectivity index (χ1) is 18.4. The number of halogens is 1. The number of nitrogens with zero attached hydrogens (tertiary/aromatic N) is 3. The average Bonchev–Trinajstić information content (AvgIpc) is 3.26. The van der Waals surface area contributed by atoms with Crippen LogP contribution in [0.3, 0.4) is 0 Å². The maximum atomic E-state index is 13.0. The van der Waals surface area contributed by atoms with Crippen molar-refractivity contribution in [3.63, 3.8) is 0 Å². The van der Waals surface area contributed by atoms with Crippen LogP contribution < -0.4 is 5.32 Å². The molecule has 38 heavy (non-hydrogen) atoms. The van der Waals surface area contributed by atoms with Gasteiger partial charge in [-0.3, -0.25) is 19.7 Å². The number of amides is 3. The number of unbranched alkanes of at least 4 members (excludes halogenated alkanes) is 2. The molecule has 3 aliphatic rings. The summed E-state index contributed by atoms with van der Waals surface area (Å²) in [5, 5.41) is 13.0. The minimum Gasteiger partial charge on any atom is -0.322 e. The summed E-state index contributed by atoms with van der Waals surface area (Å²) in [7, 11) is 0. The molecule has 0 saturated carbocycles. The van der Waals surface area contributed by atoms with Crippen LogP contribution in [0, 0.1) is 11.3 Å². The monoisotopic (exact) mass is 532 g/mol. The van der Waals surface area contributed by atoms with Gasteiger partial charge in [0.2, 0.25) is 11.8 Å². The smallest absolute Gasteiger partial charge is 0.255 e. The minimum atomic E-state index is -0.581. The number of likely N-dealkylation sites (tertiary alicyclic amines) is 1. The third-order valence-electron chi connectivity index (χ3n) is 8.41. The third kappa shape index (κ3) is 5.21. The Labute approximate surface area is 228 Å². The molecule has 0 spiro atoms. The number of nitriles is 1. The van der Waals surface area contributed by atoms with Crippen LogP contribution in [0.2, 0.25) is 5.02 Å². The number of rotatable bonds is 8. The van der Waals surface area contributed by atoms with Crippen molar-refractivity contribution in [1.82, 2.24) is 15.1 Å². The van der Waals surface area contributed by atoms with Gasteiger partial charge in [-0.05, 0) is 87.0 Å². The second-order valence-corrected chi connectivity index (χ2v) is 11.1. The van der Waals surface area contributed by atoms with Crippen molar-refractivity contribution in [1.29, 1.82) is 5.26 Å². The van der Waals surface area contributed by atoms with E-state index in [0.29, 0.717) is 23.6 Å². The molecule has 0 bridgehead atoms. The Balaban J connectivity index is 1.09.